The van der Waals surface area contributed by atoms with Crippen LogP contribution in [0.15, 0.2) is 24.3 Å². The van der Waals surface area contributed by atoms with E-state index in [2.05, 4.69) is 29.2 Å². The molecule has 0 atom stereocenters. The average Bonchev–Trinajstić information content (AvgIpc) is 2.35. The van der Waals surface area contributed by atoms with E-state index in [4.69, 9.17) is 10.5 Å². The number of piperidine rings is 1. The number of rotatable bonds is 4. The van der Waals surface area contributed by atoms with Crippen molar-refractivity contribution in [1.82, 2.24) is 4.90 Å². The summed E-state index contributed by atoms with van der Waals surface area (Å²) in [6.07, 6.45) is 2.24. The monoisotopic (exact) mass is 234 g/mol. The highest BCUT2D eigenvalue weighted by molar-refractivity contribution is 5.26. The van der Waals surface area contributed by atoms with Crippen molar-refractivity contribution in [3.63, 3.8) is 0 Å². The lowest BCUT2D eigenvalue weighted by molar-refractivity contribution is 0.178. The van der Waals surface area contributed by atoms with Gasteiger partial charge in [-0.3, -0.25) is 4.90 Å². The second-order valence-corrected chi connectivity index (χ2v) is 4.82. The number of benzene rings is 1. The quantitative estimate of drug-likeness (QED) is 0.862. The second kappa shape index (κ2) is 6.15. The summed E-state index contributed by atoms with van der Waals surface area (Å²) in [6.45, 7) is 3.95. The van der Waals surface area contributed by atoms with Crippen LogP contribution in [-0.2, 0) is 17.9 Å². The first-order valence-electron chi connectivity index (χ1n) is 6.33. The Hall–Kier alpha value is -0.900. The molecule has 2 N–H and O–H groups in total. The van der Waals surface area contributed by atoms with Gasteiger partial charge in [-0.15, -0.1) is 0 Å². The smallest absolute Gasteiger partial charge is 0.0716 e. The van der Waals surface area contributed by atoms with Crippen LogP contribution in [0.1, 0.15) is 24.0 Å². The Balaban J connectivity index is 1.98. The maximum absolute atomic E-state index is 5.92. The lowest BCUT2D eigenvalue weighted by Gasteiger charge is -2.30. The number of nitrogens with two attached hydrogens (primary N) is 1. The molecule has 0 aliphatic carbocycles. The first-order valence-corrected chi connectivity index (χ1v) is 6.33. The van der Waals surface area contributed by atoms with Crippen molar-refractivity contribution in [3.8, 4) is 0 Å². The third-order valence-electron chi connectivity index (χ3n) is 3.44. The first-order chi connectivity index (χ1) is 8.29. The molecule has 0 aromatic heterocycles. The van der Waals surface area contributed by atoms with Crippen molar-refractivity contribution >= 4 is 0 Å². The lowest BCUT2D eigenvalue weighted by Crippen LogP contribution is -2.39. The van der Waals surface area contributed by atoms with Crippen LogP contribution in [0.4, 0.5) is 0 Å². The van der Waals surface area contributed by atoms with Crippen LogP contribution in [-0.4, -0.2) is 31.1 Å². The molecule has 1 aliphatic heterocycles. The number of hydrogen-bond acceptors (Lipinski definition) is 3. The molecular formula is C14H22N2O. The van der Waals surface area contributed by atoms with Gasteiger partial charge in [-0.1, -0.05) is 24.3 Å². The van der Waals surface area contributed by atoms with E-state index in [0.29, 0.717) is 12.6 Å². The Kier molecular flexibility index (Phi) is 4.54. The zero-order valence-electron chi connectivity index (χ0n) is 10.6. The van der Waals surface area contributed by atoms with E-state index >= 15 is 0 Å². The Morgan fingerprint density at radius 2 is 1.88 bits per heavy atom. The predicted octanol–water partition coefficient (Wildman–Crippen LogP) is 1.76. The van der Waals surface area contributed by atoms with Gasteiger partial charge in [0.1, 0.15) is 0 Å². The van der Waals surface area contributed by atoms with Gasteiger partial charge in [0.05, 0.1) is 6.61 Å². The third-order valence-corrected chi connectivity index (χ3v) is 3.44. The third kappa shape index (κ3) is 3.53. The van der Waals surface area contributed by atoms with Gasteiger partial charge >= 0.3 is 0 Å². The second-order valence-electron chi connectivity index (χ2n) is 4.82. The molecule has 0 amide bonds. The van der Waals surface area contributed by atoms with E-state index in [1.807, 2.05) is 0 Å². The SMILES string of the molecule is COCc1ccccc1CN1CCC(N)CC1. The van der Waals surface area contributed by atoms with E-state index in [0.717, 1.165) is 32.5 Å². The van der Waals surface area contributed by atoms with Crippen molar-refractivity contribution < 1.29 is 4.74 Å². The molecule has 1 saturated heterocycles. The highest BCUT2D eigenvalue weighted by atomic mass is 16.5. The molecule has 0 bridgehead atoms. The van der Waals surface area contributed by atoms with E-state index in [1.54, 1.807) is 7.11 Å². The first kappa shape index (κ1) is 12.6. The van der Waals surface area contributed by atoms with Crippen LogP contribution in [0.25, 0.3) is 0 Å². The maximum atomic E-state index is 5.92. The number of nitrogens with zero attached hydrogens (tertiary/aromatic N) is 1. The summed E-state index contributed by atoms with van der Waals surface area (Å²) in [5.41, 5.74) is 8.60. The number of methoxy groups -OCH3 is 1. The van der Waals surface area contributed by atoms with Gasteiger partial charge in [0.15, 0.2) is 0 Å². The molecular weight excluding hydrogens is 212 g/mol. The van der Waals surface area contributed by atoms with Crippen molar-refractivity contribution in [3.05, 3.63) is 35.4 Å². The van der Waals surface area contributed by atoms with Gasteiger partial charge in [-0.25, -0.2) is 0 Å². The van der Waals surface area contributed by atoms with E-state index < -0.39 is 0 Å². The molecule has 2 rings (SSSR count). The zero-order chi connectivity index (χ0) is 12.1. The van der Waals surface area contributed by atoms with E-state index in [-0.39, 0.29) is 0 Å². The minimum Gasteiger partial charge on any atom is -0.380 e. The van der Waals surface area contributed by atoms with Gasteiger partial charge in [-0.05, 0) is 37.1 Å². The molecule has 3 nitrogen and oxygen atoms in total. The van der Waals surface area contributed by atoms with Crippen LogP contribution in [0.5, 0.6) is 0 Å². The normalized spacial score (nSPS) is 18.5. The Morgan fingerprint density at radius 3 is 2.53 bits per heavy atom. The van der Waals surface area contributed by atoms with E-state index in [1.165, 1.54) is 11.1 Å². The molecule has 3 heteroatoms. The molecule has 0 radical (unpaired) electrons. The molecule has 1 aliphatic rings. The molecule has 1 heterocycles. The zero-order valence-corrected chi connectivity index (χ0v) is 10.6. The summed E-state index contributed by atoms with van der Waals surface area (Å²) in [6, 6.07) is 8.92. The number of hydrogen-bond donors (Lipinski definition) is 1. The average molecular weight is 234 g/mol. The van der Waals surface area contributed by atoms with Crippen LogP contribution in [0, 0.1) is 0 Å². The molecule has 0 unspecified atom stereocenters. The predicted molar refractivity (Wildman–Crippen MR) is 69.6 cm³/mol. The van der Waals surface area contributed by atoms with Crippen LogP contribution < -0.4 is 5.73 Å². The highest BCUT2D eigenvalue weighted by Crippen LogP contribution is 2.16. The van der Waals surface area contributed by atoms with Crippen LogP contribution >= 0.6 is 0 Å². The lowest BCUT2D eigenvalue weighted by atomic mass is 10.0. The molecule has 1 aromatic carbocycles. The largest absolute Gasteiger partial charge is 0.380 e. The molecule has 94 valence electrons. The molecule has 1 aromatic rings. The molecule has 17 heavy (non-hydrogen) atoms. The van der Waals surface area contributed by atoms with Gasteiger partial charge in [0, 0.05) is 19.7 Å². The summed E-state index contributed by atoms with van der Waals surface area (Å²) in [5.74, 6) is 0. The summed E-state index contributed by atoms with van der Waals surface area (Å²) in [4.78, 5) is 2.48. The van der Waals surface area contributed by atoms with E-state index in [9.17, 15) is 0 Å². The topological polar surface area (TPSA) is 38.5 Å². The van der Waals surface area contributed by atoms with Crippen LogP contribution in [0.2, 0.25) is 0 Å². The maximum Gasteiger partial charge on any atom is 0.0716 e. The Morgan fingerprint density at radius 1 is 1.24 bits per heavy atom. The fraction of sp³-hybridized carbons (Fsp3) is 0.571. The summed E-state index contributed by atoms with van der Waals surface area (Å²) < 4.78 is 5.24. The summed E-state index contributed by atoms with van der Waals surface area (Å²) in [5, 5.41) is 0. The fourth-order valence-corrected chi connectivity index (χ4v) is 2.36. The van der Waals surface area contributed by atoms with Crippen molar-refractivity contribution in [2.24, 2.45) is 5.73 Å². The molecule has 1 fully saturated rings. The Labute approximate surface area is 104 Å². The number of ether oxygens (including phenoxy) is 1. The van der Waals surface area contributed by atoms with Gasteiger partial charge < -0.3 is 10.5 Å². The summed E-state index contributed by atoms with van der Waals surface area (Å²) >= 11 is 0. The van der Waals surface area contributed by atoms with Crippen molar-refractivity contribution in [1.29, 1.82) is 0 Å². The fourth-order valence-electron chi connectivity index (χ4n) is 2.36. The van der Waals surface area contributed by atoms with Gasteiger partial charge in [0.2, 0.25) is 0 Å². The standard InChI is InChI=1S/C14H22N2O/c1-17-11-13-5-3-2-4-12(13)10-16-8-6-14(15)7-9-16/h2-5,14H,6-11,15H2,1H3. The van der Waals surface area contributed by atoms with Gasteiger partial charge in [-0.2, -0.15) is 0 Å². The van der Waals surface area contributed by atoms with Crippen LogP contribution in [0.3, 0.4) is 0 Å². The molecule has 0 spiro atoms. The van der Waals surface area contributed by atoms with Gasteiger partial charge in [0.25, 0.3) is 0 Å². The van der Waals surface area contributed by atoms with Crippen molar-refractivity contribution in [2.75, 3.05) is 20.2 Å². The Bertz CT molecular complexity index is 346. The molecule has 0 saturated carbocycles. The summed E-state index contributed by atoms with van der Waals surface area (Å²) in [7, 11) is 1.75. The van der Waals surface area contributed by atoms with Crippen molar-refractivity contribution in [2.45, 2.75) is 32.0 Å². The minimum absolute atomic E-state index is 0.403. The highest BCUT2D eigenvalue weighted by Gasteiger charge is 2.16. The minimum atomic E-state index is 0.403. The number of likely N-dealkylation sites (tertiary alicyclic amines) is 1.